The van der Waals surface area contributed by atoms with E-state index in [1.807, 2.05) is 84.1 Å². The van der Waals surface area contributed by atoms with E-state index in [9.17, 15) is 4.57 Å². The van der Waals surface area contributed by atoms with E-state index < -0.39 is 7.14 Å². The molecular weight excluding hydrogens is 634 g/mol. The number of benzene rings is 7. The fraction of sp³-hybridized carbons (Fsp3) is 0. The number of pyridine rings is 1. The second-order valence-corrected chi connectivity index (χ2v) is 16.1. The first kappa shape index (κ1) is 29.5. The smallest absolute Gasteiger partial charge is 0.171 e. The van der Waals surface area contributed by atoms with Gasteiger partial charge in [0, 0.05) is 42.3 Å². The van der Waals surface area contributed by atoms with E-state index in [1.165, 1.54) is 36.7 Å². The van der Waals surface area contributed by atoms with Crippen molar-refractivity contribution in [1.29, 1.82) is 0 Å². The van der Waals surface area contributed by atoms with Crippen molar-refractivity contribution in [1.82, 2.24) is 4.98 Å². The first-order chi connectivity index (χ1) is 24.2. The van der Waals surface area contributed by atoms with E-state index in [4.69, 9.17) is 4.98 Å². The number of thiophene rings is 1. The molecule has 0 aliphatic heterocycles. The molecule has 0 saturated carbocycles. The molecule has 0 bridgehead atoms. The Morgan fingerprint density at radius 1 is 0.449 bits per heavy atom. The van der Waals surface area contributed by atoms with E-state index >= 15 is 0 Å². The fourth-order valence-electron chi connectivity index (χ4n) is 7.01. The average Bonchev–Trinajstić information content (AvgIpc) is 3.58. The number of fused-ring (bicyclic) bond motifs is 5. The Morgan fingerprint density at radius 2 is 1.02 bits per heavy atom. The van der Waals surface area contributed by atoms with Gasteiger partial charge >= 0.3 is 0 Å². The fourth-order valence-corrected chi connectivity index (χ4v) is 10.9. The molecule has 4 heteroatoms. The lowest BCUT2D eigenvalue weighted by atomic mass is 9.95. The van der Waals surface area contributed by atoms with Crippen LogP contribution in [-0.4, -0.2) is 4.98 Å². The number of nitrogens with zero attached hydrogens (tertiary/aromatic N) is 1. The normalized spacial score (nSPS) is 11.8. The predicted molar refractivity (Wildman–Crippen MR) is 210 cm³/mol. The van der Waals surface area contributed by atoms with Gasteiger partial charge in [-0.1, -0.05) is 164 Å². The van der Waals surface area contributed by atoms with Crippen LogP contribution in [0.4, 0.5) is 0 Å². The summed E-state index contributed by atoms with van der Waals surface area (Å²) in [5.74, 6) is 0. The molecule has 232 valence electrons. The Hall–Kier alpha value is -5.60. The van der Waals surface area contributed by atoms with Gasteiger partial charge in [-0.3, -0.25) is 0 Å². The lowest BCUT2D eigenvalue weighted by molar-refractivity contribution is 0.592. The van der Waals surface area contributed by atoms with Gasteiger partial charge < -0.3 is 4.57 Å². The number of hydrogen-bond donors (Lipinski definition) is 0. The van der Waals surface area contributed by atoms with Crippen molar-refractivity contribution in [3.8, 4) is 33.5 Å². The van der Waals surface area contributed by atoms with Crippen molar-refractivity contribution < 1.29 is 4.57 Å². The molecular formula is C45H30NOPS. The van der Waals surface area contributed by atoms with Crippen molar-refractivity contribution in [2.45, 2.75) is 0 Å². The van der Waals surface area contributed by atoms with Gasteiger partial charge in [-0.2, -0.15) is 0 Å². The maximum absolute atomic E-state index is 14.9. The highest BCUT2D eigenvalue weighted by molar-refractivity contribution is 7.85. The minimum absolute atomic E-state index is 0.821. The third kappa shape index (κ3) is 5.02. The van der Waals surface area contributed by atoms with Crippen molar-refractivity contribution in [2.75, 3.05) is 0 Å². The minimum atomic E-state index is -3.05. The van der Waals surface area contributed by atoms with Crippen LogP contribution < -0.4 is 15.9 Å². The highest BCUT2D eigenvalue weighted by Gasteiger charge is 2.29. The van der Waals surface area contributed by atoms with E-state index in [0.717, 1.165) is 43.8 Å². The van der Waals surface area contributed by atoms with Crippen molar-refractivity contribution in [3.63, 3.8) is 0 Å². The SMILES string of the molecule is O=P(c1ccccc1)(c1ccccc1)c1ccc(-c2cccc(-c3nc4cccc(-c5ccccc5)c4c4c3sc3ccccc34)c2)cc1. The zero-order valence-electron chi connectivity index (χ0n) is 26.5. The Kier molecular flexibility index (Phi) is 7.31. The van der Waals surface area contributed by atoms with Gasteiger partial charge in [0.2, 0.25) is 0 Å². The summed E-state index contributed by atoms with van der Waals surface area (Å²) in [4.78, 5) is 5.38. The first-order valence-corrected chi connectivity index (χ1v) is 18.9. The van der Waals surface area contributed by atoms with Gasteiger partial charge in [0.1, 0.15) is 0 Å². The molecule has 9 rings (SSSR count). The molecule has 0 fully saturated rings. The third-order valence-electron chi connectivity index (χ3n) is 9.36. The lowest BCUT2D eigenvalue weighted by Gasteiger charge is -2.20. The molecule has 2 aromatic heterocycles. The molecule has 2 heterocycles. The Morgan fingerprint density at radius 3 is 1.73 bits per heavy atom. The quantitative estimate of drug-likeness (QED) is 0.166. The van der Waals surface area contributed by atoms with Gasteiger partial charge in [0.05, 0.1) is 15.9 Å². The molecule has 0 amide bonds. The standard InChI is InChI=1S/C45H30NOPS/c47-48(35-18-6-2-7-19-35,36-20-8-3-9-21-36)37-28-26-31(27-29-37)33-16-12-17-34(30-33)44-45-43(39-22-10-11-25-41(39)49-45)42-38(23-13-24-40(42)46-44)32-14-4-1-5-15-32/h1-30H. The van der Waals surface area contributed by atoms with Crippen LogP contribution in [0.5, 0.6) is 0 Å². The molecule has 0 spiro atoms. The molecule has 0 unspecified atom stereocenters. The van der Waals surface area contributed by atoms with E-state index in [1.54, 1.807) is 0 Å². The van der Waals surface area contributed by atoms with Crippen LogP contribution >= 0.6 is 18.5 Å². The van der Waals surface area contributed by atoms with E-state index in [2.05, 4.69) is 109 Å². The van der Waals surface area contributed by atoms with Gasteiger partial charge in [0.15, 0.2) is 7.14 Å². The highest BCUT2D eigenvalue weighted by Crippen LogP contribution is 2.46. The second kappa shape index (κ2) is 12.1. The molecule has 49 heavy (non-hydrogen) atoms. The van der Waals surface area contributed by atoms with Crippen molar-refractivity contribution in [3.05, 3.63) is 182 Å². The first-order valence-electron chi connectivity index (χ1n) is 16.4. The Balaban J connectivity index is 1.19. The zero-order chi connectivity index (χ0) is 32.8. The molecule has 0 N–H and O–H groups in total. The molecule has 7 aromatic carbocycles. The lowest BCUT2D eigenvalue weighted by Crippen LogP contribution is -2.24. The third-order valence-corrected chi connectivity index (χ3v) is 13.6. The van der Waals surface area contributed by atoms with Gasteiger partial charge in [-0.25, -0.2) is 4.98 Å². The largest absolute Gasteiger partial charge is 0.309 e. The monoisotopic (exact) mass is 663 g/mol. The summed E-state index contributed by atoms with van der Waals surface area (Å²) in [7, 11) is -3.05. The van der Waals surface area contributed by atoms with Gasteiger partial charge in [0.25, 0.3) is 0 Å². The molecule has 0 aliphatic carbocycles. The highest BCUT2D eigenvalue weighted by atomic mass is 32.1. The van der Waals surface area contributed by atoms with Crippen LogP contribution in [-0.2, 0) is 4.57 Å². The Labute approximate surface area is 289 Å². The predicted octanol–water partition coefficient (Wildman–Crippen LogP) is 11.2. The van der Waals surface area contributed by atoms with Crippen LogP contribution in [0.2, 0.25) is 0 Å². The summed E-state index contributed by atoms with van der Waals surface area (Å²) < 4.78 is 17.4. The summed E-state index contributed by atoms with van der Waals surface area (Å²) in [6, 6.07) is 62.3. The molecule has 2 nitrogen and oxygen atoms in total. The number of aromatic nitrogens is 1. The molecule has 9 aromatic rings. The summed E-state index contributed by atoms with van der Waals surface area (Å²) >= 11 is 1.81. The van der Waals surface area contributed by atoms with Crippen molar-refractivity contribution >= 4 is 65.5 Å². The molecule has 0 saturated heterocycles. The van der Waals surface area contributed by atoms with Crippen LogP contribution in [0.25, 0.3) is 64.6 Å². The second-order valence-electron chi connectivity index (χ2n) is 12.2. The van der Waals surface area contributed by atoms with Crippen molar-refractivity contribution in [2.24, 2.45) is 0 Å². The van der Waals surface area contributed by atoms with Crippen LogP contribution in [0.1, 0.15) is 0 Å². The average molecular weight is 664 g/mol. The summed E-state index contributed by atoms with van der Waals surface area (Å²) in [6.45, 7) is 0. The zero-order valence-corrected chi connectivity index (χ0v) is 28.2. The molecule has 0 radical (unpaired) electrons. The summed E-state index contributed by atoms with van der Waals surface area (Å²) in [6.07, 6.45) is 0. The van der Waals surface area contributed by atoms with Crippen LogP contribution in [0, 0.1) is 0 Å². The number of hydrogen-bond acceptors (Lipinski definition) is 3. The molecule has 0 aliphatic rings. The molecule has 0 atom stereocenters. The van der Waals surface area contributed by atoms with Crippen LogP contribution in [0.3, 0.4) is 0 Å². The van der Waals surface area contributed by atoms with Crippen LogP contribution in [0.15, 0.2) is 182 Å². The Bertz CT molecular complexity index is 2620. The summed E-state index contributed by atoms with van der Waals surface area (Å²) in [5, 5.41) is 6.20. The van der Waals surface area contributed by atoms with E-state index in [0.29, 0.717) is 0 Å². The maximum atomic E-state index is 14.9. The van der Waals surface area contributed by atoms with E-state index in [-0.39, 0.29) is 0 Å². The summed E-state index contributed by atoms with van der Waals surface area (Å²) in [5.41, 5.74) is 7.59. The maximum Gasteiger partial charge on any atom is 0.171 e. The van der Waals surface area contributed by atoms with Gasteiger partial charge in [-0.15, -0.1) is 11.3 Å². The topological polar surface area (TPSA) is 30.0 Å². The number of rotatable bonds is 6. The van der Waals surface area contributed by atoms with Gasteiger partial charge in [-0.05, 0) is 40.5 Å². The minimum Gasteiger partial charge on any atom is -0.309 e.